The minimum absolute atomic E-state index is 0.333. The molecule has 0 amide bonds. The molecule has 1 aliphatic heterocycles. The predicted molar refractivity (Wildman–Crippen MR) is 75.9 cm³/mol. The zero-order valence-electron chi connectivity index (χ0n) is 12.7. The summed E-state index contributed by atoms with van der Waals surface area (Å²) < 4.78 is 11.8. The largest absolute Gasteiger partial charge is 0.376 e. The van der Waals surface area contributed by atoms with Crippen LogP contribution in [0.4, 0.5) is 0 Å². The van der Waals surface area contributed by atoms with Crippen LogP contribution in [0.2, 0.25) is 0 Å². The molecule has 108 valence electrons. The van der Waals surface area contributed by atoms with Gasteiger partial charge < -0.3 is 14.8 Å². The summed E-state index contributed by atoms with van der Waals surface area (Å²) >= 11 is 0. The van der Waals surface area contributed by atoms with E-state index in [4.69, 9.17) is 9.47 Å². The van der Waals surface area contributed by atoms with Crippen molar-refractivity contribution in [3.8, 4) is 0 Å². The van der Waals surface area contributed by atoms with Gasteiger partial charge in [-0.15, -0.1) is 0 Å². The van der Waals surface area contributed by atoms with E-state index < -0.39 is 0 Å². The minimum Gasteiger partial charge on any atom is -0.376 e. The van der Waals surface area contributed by atoms with Crippen molar-refractivity contribution >= 4 is 0 Å². The fraction of sp³-hybridized carbons (Fsp3) is 1.00. The molecule has 1 aliphatic rings. The lowest BCUT2D eigenvalue weighted by atomic mass is 10.0. The van der Waals surface area contributed by atoms with Crippen molar-refractivity contribution in [3.63, 3.8) is 0 Å². The van der Waals surface area contributed by atoms with Crippen LogP contribution in [-0.2, 0) is 9.47 Å². The monoisotopic (exact) mass is 257 g/mol. The summed E-state index contributed by atoms with van der Waals surface area (Å²) in [7, 11) is 0. The number of hydrogen-bond acceptors (Lipinski definition) is 3. The second-order valence-electron chi connectivity index (χ2n) is 5.99. The maximum absolute atomic E-state index is 6.10. The highest BCUT2D eigenvalue weighted by Gasteiger charge is 2.26. The van der Waals surface area contributed by atoms with E-state index in [1.165, 1.54) is 6.42 Å². The van der Waals surface area contributed by atoms with Crippen LogP contribution in [0.15, 0.2) is 0 Å². The summed E-state index contributed by atoms with van der Waals surface area (Å²) in [5.41, 5.74) is 0. The highest BCUT2D eigenvalue weighted by atomic mass is 16.5. The van der Waals surface area contributed by atoms with Crippen LogP contribution in [-0.4, -0.2) is 37.5 Å². The number of hydrogen-bond donors (Lipinski definition) is 1. The molecule has 0 saturated carbocycles. The zero-order chi connectivity index (χ0) is 13.5. The van der Waals surface area contributed by atoms with E-state index >= 15 is 0 Å². The molecular formula is C15H31NO2. The second kappa shape index (κ2) is 8.13. The van der Waals surface area contributed by atoms with Crippen LogP contribution in [0, 0.1) is 5.92 Å². The maximum Gasteiger partial charge on any atom is 0.0625 e. The Morgan fingerprint density at radius 2 is 1.83 bits per heavy atom. The molecule has 1 rings (SSSR count). The molecule has 0 radical (unpaired) electrons. The smallest absolute Gasteiger partial charge is 0.0625 e. The first-order valence-electron chi connectivity index (χ1n) is 7.53. The van der Waals surface area contributed by atoms with E-state index in [0.29, 0.717) is 30.3 Å². The summed E-state index contributed by atoms with van der Waals surface area (Å²) in [6, 6.07) is 0.471. The Balaban J connectivity index is 2.32. The van der Waals surface area contributed by atoms with Crippen LogP contribution in [0.25, 0.3) is 0 Å². The first kappa shape index (κ1) is 15.9. The molecule has 1 heterocycles. The van der Waals surface area contributed by atoms with Crippen LogP contribution >= 0.6 is 0 Å². The molecule has 3 nitrogen and oxygen atoms in total. The van der Waals surface area contributed by atoms with Gasteiger partial charge in [0.25, 0.3) is 0 Å². The Bertz CT molecular complexity index is 211. The molecule has 0 aromatic heterocycles. The molecular weight excluding hydrogens is 226 g/mol. The standard InChI is InChI=1S/C15H31NO2/c1-6-7-16-15(11(2)3)10-17-14-8-12(4)18-13(5)9-14/h11-16H,6-10H2,1-5H3. The van der Waals surface area contributed by atoms with Crippen molar-refractivity contribution in [2.75, 3.05) is 13.2 Å². The lowest BCUT2D eigenvalue weighted by molar-refractivity contribution is -0.106. The normalized spacial score (nSPS) is 30.7. The molecule has 3 unspecified atom stereocenters. The van der Waals surface area contributed by atoms with E-state index in [1.54, 1.807) is 0 Å². The van der Waals surface area contributed by atoms with Crippen molar-refractivity contribution in [3.05, 3.63) is 0 Å². The van der Waals surface area contributed by atoms with Crippen molar-refractivity contribution in [1.82, 2.24) is 5.32 Å². The van der Waals surface area contributed by atoms with E-state index in [9.17, 15) is 0 Å². The van der Waals surface area contributed by atoms with Gasteiger partial charge in [-0.25, -0.2) is 0 Å². The summed E-state index contributed by atoms with van der Waals surface area (Å²) in [6.07, 6.45) is 4.27. The quantitative estimate of drug-likeness (QED) is 0.760. The van der Waals surface area contributed by atoms with Gasteiger partial charge in [-0.05, 0) is 45.6 Å². The Labute approximate surface area is 113 Å². The first-order valence-corrected chi connectivity index (χ1v) is 7.53. The van der Waals surface area contributed by atoms with Crippen LogP contribution < -0.4 is 5.32 Å². The SMILES string of the molecule is CCCNC(COC1CC(C)OC(C)C1)C(C)C. The molecule has 3 atom stereocenters. The van der Waals surface area contributed by atoms with Gasteiger partial charge in [-0.3, -0.25) is 0 Å². The molecule has 3 heteroatoms. The summed E-state index contributed by atoms with van der Waals surface area (Å²) in [6.45, 7) is 12.9. The van der Waals surface area contributed by atoms with Gasteiger partial charge in [-0.2, -0.15) is 0 Å². The summed E-state index contributed by atoms with van der Waals surface area (Å²) in [5.74, 6) is 0.617. The summed E-state index contributed by atoms with van der Waals surface area (Å²) in [5, 5.41) is 3.57. The molecule has 1 N–H and O–H groups in total. The third kappa shape index (κ3) is 5.68. The van der Waals surface area contributed by atoms with Gasteiger partial charge in [0.15, 0.2) is 0 Å². The average molecular weight is 257 g/mol. The molecule has 1 saturated heterocycles. The first-order chi connectivity index (χ1) is 8.52. The maximum atomic E-state index is 6.10. The van der Waals surface area contributed by atoms with Crippen LogP contribution in [0.5, 0.6) is 0 Å². The molecule has 0 bridgehead atoms. The van der Waals surface area contributed by atoms with Gasteiger partial charge in [0.05, 0.1) is 24.9 Å². The van der Waals surface area contributed by atoms with Crippen LogP contribution in [0.1, 0.15) is 53.9 Å². The molecule has 0 spiro atoms. The average Bonchev–Trinajstić information content (AvgIpc) is 2.27. The number of rotatable bonds is 7. The Morgan fingerprint density at radius 1 is 1.22 bits per heavy atom. The Hall–Kier alpha value is -0.120. The Morgan fingerprint density at radius 3 is 2.33 bits per heavy atom. The molecule has 0 aromatic rings. The highest BCUT2D eigenvalue weighted by Crippen LogP contribution is 2.22. The van der Waals surface area contributed by atoms with E-state index in [0.717, 1.165) is 26.0 Å². The molecule has 0 aliphatic carbocycles. The Kier molecular flexibility index (Phi) is 7.20. The summed E-state index contributed by atoms with van der Waals surface area (Å²) in [4.78, 5) is 0. The van der Waals surface area contributed by atoms with E-state index in [-0.39, 0.29) is 0 Å². The number of nitrogens with one attached hydrogen (secondary N) is 1. The van der Waals surface area contributed by atoms with E-state index in [1.807, 2.05) is 0 Å². The lowest BCUT2D eigenvalue weighted by Gasteiger charge is -2.33. The minimum atomic E-state index is 0.333. The van der Waals surface area contributed by atoms with Gasteiger partial charge in [0, 0.05) is 6.04 Å². The fourth-order valence-electron chi connectivity index (χ4n) is 2.54. The number of ether oxygens (including phenoxy) is 2. The van der Waals surface area contributed by atoms with Gasteiger partial charge in [0.2, 0.25) is 0 Å². The predicted octanol–water partition coefficient (Wildman–Crippen LogP) is 2.98. The zero-order valence-corrected chi connectivity index (χ0v) is 12.7. The van der Waals surface area contributed by atoms with Gasteiger partial charge in [0.1, 0.15) is 0 Å². The van der Waals surface area contributed by atoms with E-state index in [2.05, 4.69) is 39.9 Å². The van der Waals surface area contributed by atoms with Gasteiger partial charge in [-0.1, -0.05) is 20.8 Å². The fourth-order valence-corrected chi connectivity index (χ4v) is 2.54. The third-order valence-corrected chi connectivity index (χ3v) is 3.63. The van der Waals surface area contributed by atoms with Crippen LogP contribution in [0.3, 0.4) is 0 Å². The van der Waals surface area contributed by atoms with Gasteiger partial charge >= 0.3 is 0 Å². The van der Waals surface area contributed by atoms with Crippen molar-refractivity contribution in [2.24, 2.45) is 5.92 Å². The molecule has 18 heavy (non-hydrogen) atoms. The van der Waals surface area contributed by atoms with Crippen molar-refractivity contribution in [1.29, 1.82) is 0 Å². The topological polar surface area (TPSA) is 30.5 Å². The highest BCUT2D eigenvalue weighted by molar-refractivity contribution is 4.76. The van der Waals surface area contributed by atoms with Crippen molar-refractivity contribution in [2.45, 2.75) is 78.2 Å². The molecule has 0 aromatic carbocycles. The second-order valence-corrected chi connectivity index (χ2v) is 5.99. The molecule has 1 fully saturated rings. The lowest BCUT2D eigenvalue weighted by Crippen LogP contribution is -2.41. The third-order valence-electron chi connectivity index (χ3n) is 3.63. The van der Waals surface area contributed by atoms with Crippen molar-refractivity contribution < 1.29 is 9.47 Å².